The van der Waals surface area contributed by atoms with E-state index in [9.17, 15) is 0 Å². The molecule has 0 aliphatic heterocycles. The topological polar surface area (TPSA) is 46.2 Å². The molecular formula is C12H19NO. The highest BCUT2D eigenvalue weighted by atomic mass is 16.3. The molecule has 0 aliphatic carbocycles. The van der Waals surface area contributed by atoms with E-state index in [0.29, 0.717) is 6.42 Å². The SMILES string of the molecule is CCCc1ccc([C@H](N)CCO)cc1. The Morgan fingerprint density at radius 1 is 1.29 bits per heavy atom. The number of aliphatic hydroxyl groups excluding tert-OH is 1. The van der Waals surface area contributed by atoms with Gasteiger partial charge in [-0.1, -0.05) is 37.6 Å². The van der Waals surface area contributed by atoms with E-state index in [-0.39, 0.29) is 12.6 Å². The van der Waals surface area contributed by atoms with Crippen molar-refractivity contribution < 1.29 is 5.11 Å². The molecular weight excluding hydrogens is 174 g/mol. The van der Waals surface area contributed by atoms with Crippen LogP contribution in [0.1, 0.15) is 36.9 Å². The zero-order valence-corrected chi connectivity index (χ0v) is 8.74. The van der Waals surface area contributed by atoms with Gasteiger partial charge in [0.05, 0.1) is 0 Å². The van der Waals surface area contributed by atoms with E-state index >= 15 is 0 Å². The van der Waals surface area contributed by atoms with Crippen molar-refractivity contribution in [2.45, 2.75) is 32.2 Å². The van der Waals surface area contributed by atoms with E-state index in [1.165, 1.54) is 12.0 Å². The first kappa shape index (κ1) is 11.2. The van der Waals surface area contributed by atoms with Gasteiger partial charge >= 0.3 is 0 Å². The number of hydrogen-bond donors (Lipinski definition) is 2. The molecule has 1 atom stereocenters. The van der Waals surface area contributed by atoms with Gasteiger partial charge in [0.2, 0.25) is 0 Å². The van der Waals surface area contributed by atoms with Gasteiger partial charge < -0.3 is 10.8 Å². The molecule has 2 heteroatoms. The van der Waals surface area contributed by atoms with Gasteiger partial charge in [0, 0.05) is 12.6 Å². The van der Waals surface area contributed by atoms with Crippen molar-refractivity contribution in [3.63, 3.8) is 0 Å². The number of rotatable bonds is 5. The third-order valence-electron chi connectivity index (χ3n) is 2.39. The predicted molar refractivity (Wildman–Crippen MR) is 59.1 cm³/mol. The fraction of sp³-hybridized carbons (Fsp3) is 0.500. The molecule has 0 aliphatic rings. The van der Waals surface area contributed by atoms with Gasteiger partial charge in [0.1, 0.15) is 0 Å². The van der Waals surface area contributed by atoms with Crippen LogP contribution in [-0.2, 0) is 6.42 Å². The van der Waals surface area contributed by atoms with Gasteiger partial charge in [-0.15, -0.1) is 0 Å². The van der Waals surface area contributed by atoms with Crippen molar-refractivity contribution in [3.05, 3.63) is 35.4 Å². The van der Waals surface area contributed by atoms with Crippen molar-refractivity contribution >= 4 is 0 Å². The van der Waals surface area contributed by atoms with Crippen LogP contribution in [0.5, 0.6) is 0 Å². The number of benzene rings is 1. The van der Waals surface area contributed by atoms with Crippen LogP contribution < -0.4 is 5.73 Å². The van der Waals surface area contributed by atoms with Gasteiger partial charge in [-0.2, -0.15) is 0 Å². The van der Waals surface area contributed by atoms with E-state index in [1.54, 1.807) is 0 Å². The molecule has 78 valence electrons. The molecule has 0 spiro atoms. The Hall–Kier alpha value is -0.860. The molecule has 0 bridgehead atoms. The molecule has 0 unspecified atom stereocenters. The van der Waals surface area contributed by atoms with Crippen LogP contribution in [0.2, 0.25) is 0 Å². The van der Waals surface area contributed by atoms with Crippen molar-refractivity contribution in [2.24, 2.45) is 5.73 Å². The van der Waals surface area contributed by atoms with E-state index < -0.39 is 0 Å². The Balaban J connectivity index is 2.62. The minimum absolute atomic E-state index is 0.0318. The van der Waals surface area contributed by atoms with Crippen LogP contribution in [0.4, 0.5) is 0 Å². The predicted octanol–water partition coefficient (Wildman–Crippen LogP) is 2.02. The largest absolute Gasteiger partial charge is 0.396 e. The third kappa shape index (κ3) is 3.13. The van der Waals surface area contributed by atoms with Gasteiger partial charge in [-0.3, -0.25) is 0 Å². The summed E-state index contributed by atoms with van der Waals surface area (Å²) in [5, 5.41) is 8.76. The fourth-order valence-electron chi connectivity index (χ4n) is 1.53. The third-order valence-corrected chi connectivity index (χ3v) is 2.39. The molecule has 3 N–H and O–H groups in total. The van der Waals surface area contributed by atoms with Crippen LogP contribution in [0, 0.1) is 0 Å². The summed E-state index contributed by atoms with van der Waals surface area (Å²) in [5.41, 5.74) is 8.33. The fourth-order valence-corrected chi connectivity index (χ4v) is 1.53. The Bertz CT molecular complexity index is 256. The van der Waals surface area contributed by atoms with Crippen LogP contribution in [0.15, 0.2) is 24.3 Å². The number of hydrogen-bond acceptors (Lipinski definition) is 2. The lowest BCUT2D eigenvalue weighted by atomic mass is 10.0. The van der Waals surface area contributed by atoms with Crippen LogP contribution in [0.3, 0.4) is 0 Å². The second-order valence-corrected chi connectivity index (χ2v) is 3.61. The summed E-state index contributed by atoms with van der Waals surface area (Å²) in [6.07, 6.45) is 2.92. The number of aliphatic hydroxyl groups is 1. The minimum Gasteiger partial charge on any atom is -0.396 e. The number of aryl methyl sites for hydroxylation is 1. The molecule has 1 aromatic rings. The van der Waals surface area contributed by atoms with E-state index in [4.69, 9.17) is 10.8 Å². The number of nitrogens with two attached hydrogens (primary N) is 1. The highest BCUT2D eigenvalue weighted by molar-refractivity contribution is 5.24. The summed E-state index contributed by atoms with van der Waals surface area (Å²) in [7, 11) is 0. The second-order valence-electron chi connectivity index (χ2n) is 3.61. The van der Waals surface area contributed by atoms with Gasteiger partial charge in [-0.25, -0.2) is 0 Å². The van der Waals surface area contributed by atoms with Crippen molar-refractivity contribution in [3.8, 4) is 0 Å². The molecule has 2 nitrogen and oxygen atoms in total. The van der Waals surface area contributed by atoms with E-state index in [0.717, 1.165) is 12.0 Å². The molecule has 0 saturated carbocycles. The van der Waals surface area contributed by atoms with Crippen LogP contribution in [-0.4, -0.2) is 11.7 Å². The highest BCUT2D eigenvalue weighted by Crippen LogP contribution is 2.15. The first-order valence-corrected chi connectivity index (χ1v) is 5.23. The summed E-state index contributed by atoms with van der Waals surface area (Å²) in [6.45, 7) is 2.32. The van der Waals surface area contributed by atoms with Gasteiger partial charge in [0.25, 0.3) is 0 Å². The quantitative estimate of drug-likeness (QED) is 0.751. The monoisotopic (exact) mass is 193 g/mol. The Kier molecular flexibility index (Phi) is 4.63. The molecule has 0 fully saturated rings. The maximum atomic E-state index is 8.76. The summed E-state index contributed by atoms with van der Waals surface area (Å²) in [5.74, 6) is 0. The zero-order valence-electron chi connectivity index (χ0n) is 8.74. The Morgan fingerprint density at radius 3 is 2.43 bits per heavy atom. The lowest BCUT2D eigenvalue weighted by molar-refractivity contribution is 0.276. The average molecular weight is 193 g/mol. The van der Waals surface area contributed by atoms with Crippen LogP contribution >= 0.6 is 0 Å². The van der Waals surface area contributed by atoms with Gasteiger partial charge in [-0.05, 0) is 24.0 Å². The van der Waals surface area contributed by atoms with Crippen molar-refractivity contribution in [1.29, 1.82) is 0 Å². The molecule has 0 aromatic heterocycles. The zero-order chi connectivity index (χ0) is 10.4. The summed E-state index contributed by atoms with van der Waals surface area (Å²) in [6, 6.07) is 8.33. The average Bonchev–Trinajstić information content (AvgIpc) is 2.20. The van der Waals surface area contributed by atoms with Crippen LogP contribution in [0.25, 0.3) is 0 Å². The summed E-state index contributed by atoms with van der Waals surface area (Å²) < 4.78 is 0. The maximum Gasteiger partial charge on any atom is 0.0449 e. The molecule has 1 aromatic carbocycles. The Morgan fingerprint density at radius 2 is 1.93 bits per heavy atom. The minimum atomic E-state index is -0.0318. The lowest BCUT2D eigenvalue weighted by Crippen LogP contribution is -2.11. The molecule has 0 amide bonds. The van der Waals surface area contributed by atoms with Crippen molar-refractivity contribution in [2.75, 3.05) is 6.61 Å². The van der Waals surface area contributed by atoms with E-state index in [2.05, 4.69) is 31.2 Å². The maximum absolute atomic E-state index is 8.76. The molecule has 0 heterocycles. The summed E-state index contributed by atoms with van der Waals surface area (Å²) >= 11 is 0. The Labute approximate surface area is 85.8 Å². The second kappa shape index (κ2) is 5.78. The molecule has 14 heavy (non-hydrogen) atoms. The smallest absolute Gasteiger partial charge is 0.0449 e. The highest BCUT2D eigenvalue weighted by Gasteiger charge is 2.04. The lowest BCUT2D eigenvalue weighted by Gasteiger charge is -2.10. The molecule has 0 radical (unpaired) electrons. The molecule has 0 saturated heterocycles. The first-order chi connectivity index (χ1) is 6.77. The standard InChI is InChI=1S/C12H19NO/c1-2-3-10-4-6-11(7-5-10)12(13)8-9-14/h4-7,12,14H,2-3,8-9,13H2,1H3/t12-/m1/s1. The van der Waals surface area contributed by atoms with Crippen molar-refractivity contribution in [1.82, 2.24) is 0 Å². The first-order valence-electron chi connectivity index (χ1n) is 5.23. The summed E-state index contributed by atoms with van der Waals surface area (Å²) in [4.78, 5) is 0. The molecule has 1 rings (SSSR count). The normalized spacial score (nSPS) is 12.8. The van der Waals surface area contributed by atoms with Gasteiger partial charge in [0.15, 0.2) is 0 Å². The van der Waals surface area contributed by atoms with E-state index in [1.807, 2.05) is 0 Å².